The Morgan fingerprint density at radius 3 is 2.80 bits per heavy atom. The maximum atomic E-state index is 11.9. The number of aromatic amines is 1. The smallest absolute Gasteiger partial charge is 0.260 e. The number of amidine groups is 1. The summed E-state index contributed by atoms with van der Waals surface area (Å²) >= 11 is 0. The van der Waals surface area contributed by atoms with Crippen LogP contribution < -0.4 is 5.73 Å². The molecule has 0 spiro atoms. The van der Waals surface area contributed by atoms with Gasteiger partial charge in [-0.3, -0.25) is 10.5 Å². The molecule has 0 fully saturated rings. The van der Waals surface area contributed by atoms with E-state index in [2.05, 4.69) is 10.2 Å². The summed E-state index contributed by atoms with van der Waals surface area (Å²) in [5.74, 6) is -0.194. The topological polar surface area (TPSA) is 116 Å². The van der Waals surface area contributed by atoms with E-state index in [1.54, 1.807) is 6.92 Å². The molecule has 4 N–H and O–H groups in total. The Hall–Kier alpha value is -1.41. The summed E-state index contributed by atoms with van der Waals surface area (Å²) in [5.41, 5.74) is 5.17. The zero-order valence-electron chi connectivity index (χ0n) is 8.27. The van der Waals surface area contributed by atoms with Crippen LogP contribution in [0.2, 0.25) is 0 Å². The molecule has 0 saturated heterocycles. The van der Waals surface area contributed by atoms with Crippen LogP contribution in [0.4, 0.5) is 0 Å². The van der Waals surface area contributed by atoms with Gasteiger partial charge in [-0.05, 0) is 6.07 Å². The maximum absolute atomic E-state index is 11.9. The monoisotopic (exact) mass is 231 g/mol. The van der Waals surface area contributed by atoms with Crippen LogP contribution in [0.25, 0.3) is 0 Å². The predicted octanol–water partition coefficient (Wildman–Crippen LogP) is -0.644. The van der Waals surface area contributed by atoms with E-state index < -0.39 is 10.0 Å². The molecule has 0 atom stereocenters. The van der Waals surface area contributed by atoms with Gasteiger partial charge in [-0.15, -0.1) is 0 Å². The summed E-state index contributed by atoms with van der Waals surface area (Å²) in [4.78, 5) is 0. The lowest BCUT2D eigenvalue weighted by Crippen LogP contribution is -2.38. The molecule has 84 valence electrons. The van der Waals surface area contributed by atoms with Crippen LogP contribution in [0.1, 0.15) is 6.92 Å². The summed E-state index contributed by atoms with van der Waals surface area (Å²) in [7, 11) is -3.61. The Morgan fingerprint density at radius 2 is 2.40 bits per heavy atom. The van der Waals surface area contributed by atoms with Gasteiger partial charge in [-0.25, -0.2) is 8.42 Å². The fraction of sp³-hybridized carbons (Fsp3) is 0.429. The lowest BCUT2D eigenvalue weighted by molar-refractivity contribution is 0.463. The number of nitrogens with one attached hydrogen (secondary N) is 2. The van der Waals surface area contributed by atoms with Crippen molar-refractivity contribution in [2.75, 3.05) is 13.1 Å². The van der Waals surface area contributed by atoms with E-state index in [1.807, 2.05) is 0 Å². The number of sulfonamides is 1. The van der Waals surface area contributed by atoms with E-state index in [-0.39, 0.29) is 24.0 Å². The lowest BCUT2D eigenvalue weighted by atomic mass is 10.6. The Morgan fingerprint density at radius 1 is 1.73 bits per heavy atom. The van der Waals surface area contributed by atoms with Gasteiger partial charge in [0.1, 0.15) is 5.84 Å². The summed E-state index contributed by atoms with van der Waals surface area (Å²) in [6.45, 7) is 1.82. The van der Waals surface area contributed by atoms with Crippen LogP contribution >= 0.6 is 0 Å². The second kappa shape index (κ2) is 4.41. The van der Waals surface area contributed by atoms with Gasteiger partial charge in [-0.1, -0.05) is 6.92 Å². The van der Waals surface area contributed by atoms with Crippen LogP contribution in [-0.2, 0) is 10.0 Å². The Balaban J connectivity index is 2.98. The molecule has 0 unspecified atom stereocenters. The van der Waals surface area contributed by atoms with Crippen molar-refractivity contribution in [2.24, 2.45) is 5.73 Å². The molecule has 0 saturated carbocycles. The normalized spacial score (nSPS) is 11.9. The predicted molar refractivity (Wildman–Crippen MR) is 54.9 cm³/mol. The van der Waals surface area contributed by atoms with E-state index >= 15 is 0 Å². The highest BCUT2D eigenvalue weighted by Gasteiger charge is 2.24. The molecule has 15 heavy (non-hydrogen) atoms. The second-order valence-corrected chi connectivity index (χ2v) is 4.78. The van der Waals surface area contributed by atoms with E-state index in [1.165, 1.54) is 12.3 Å². The first-order valence-corrected chi connectivity index (χ1v) is 5.75. The van der Waals surface area contributed by atoms with Gasteiger partial charge in [0.05, 0.1) is 12.7 Å². The number of aromatic nitrogens is 2. The minimum absolute atomic E-state index is 0.00519. The van der Waals surface area contributed by atoms with E-state index in [0.717, 1.165) is 4.31 Å². The molecule has 8 heteroatoms. The highest BCUT2D eigenvalue weighted by atomic mass is 32.2. The third kappa shape index (κ3) is 2.54. The molecular formula is C7H13N5O2S. The van der Waals surface area contributed by atoms with Gasteiger partial charge in [0.25, 0.3) is 10.0 Å². The molecular weight excluding hydrogens is 218 g/mol. The van der Waals surface area contributed by atoms with Crippen molar-refractivity contribution in [3.05, 3.63) is 12.3 Å². The number of H-pyrrole nitrogens is 1. The first-order valence-electron chi connectivity index (χ1n) is 4.31. The van der Waals surface area contributed by atoms with Crippen LogP contribution in [0.15, 0.2) is 17.3 Å². The SMILES string of the molecule is CCN(CC(=N)N)S(=O)(=O)c1ccn[nH]1. The highest BCUT2D eigenvalue weighted by Crippen LogP contribution is 2.10. The summed E-state index contributed by atoms with van der Waals surface area (Å²) in [5, 5.41) is 13.0. The van der Waals surface area contributed by atoms with Crippen molar-refractivity contribution in [1.29, 1.82) is 5.41 Å². The van der Waals surface area contributed by atoms with Crippen molar-refractivity contribution in [3.63, 3.8) is 0 Å². The first kappa shape index (κ1) is 11.7. The average Bonchev–Trinajstić information content (AvgIpc) is 2.66. The molecule has 7 nitrogen and oxygen atoms in total. The van der Waals surface area contributed by atoms with Crippen molar-refractivity contribution >= 4 is 15.9 Å². The van der Waals surface area contributed by atoms with E-state index in [9.17, 15) is 8.42 Å². The van der Waals surface area contributed by atoms with Crippen LogP contribution in [0.5, 0.6) is 0 Å². The van der Waals surface area contributed by atoms with Gasteiger partial charge in [0.15, 0.2) is 5.03 Å². The standard InChI is InChI=1S/C7H13N5O2S/c1-2-12(5-6(8)9)15(13,14)7-3-4-10-11-7/h3-4H,2,5H2,1H3,(H3,8,9)(H,10,11). The summed E-state index contributed by atoms with van der Waals surface area (Å²) < 4.78 is 24.8. The Kier molecular flexibility index (Phi) is 3.43. The van der Waals surface area contributed by atoms with Crippen molar-refractivity contribution < 1.29 is 8.42 Å². The van der Waals surface area contributed by atoms with Gasteiger partial charge in [0.2, 0.25) is 0 Å². The molecule has 0 aliphatic heterocycles. The zero-order chi connectivity index (χ0) is 11.5. The molecule has 0 amide bonds. The fourth-order valence-electron chi connectivity index (χ4n) is 1.08. The van der Waals surface area contributed by atoms with E-state index in [4.69, 9.17) is 11.1 Å². The van der Waals surface area contributed by atoms with Crippen LogP contribution in [0.3, 0.4) is 0 Å². The van der Waals surface area contributed by atoms with Crippen LogP contribution in [-0.4, -0.2) is 41.8 Å². The third-order valence-electron chi connectivity index (χ3n) is 1.79. The second-order valence-electron chi connectivity index (χ2n) is 2.88. The van der Waals surface area contributed by atoms with E-state index in [0.29, 0.717) is 0 Å². The van der Waals surface area contributed by atoms with Gasteiger partial charge in [0, 0.05) is 6.54 Å². The number of rotatable bonds is 5. The van der Waals surface area contributed by atoms with Gasteiger partial charge < -0.3 is 5.73 Å². The molecule has 1 heterocycles. The molecule has 0 aliphatic rings. The quantitative estimate of drug-likeness (QED) is 0.461. The van der Waals surface area contributed by atoms with Crippen LogP contribution in [0, 0.1) is 5.41 Å². The number of nitrogens with zero attached hydrogens (tertiary/aromatic N) is 2. The number of nitrogens with two attached hydrogens (primary N) is 1. The Bertz CT molecular complexity index is 424. The Labute approximate surface area is 87.8 Å². The largest absolute Gasteiger partial charge is 0.387 e. The summed E-state index contributed by atoms with van der Waals surface area (Å²) in [6.07, 6.45) is 1.36. The molecule has 0 radical (unpaired) electrons. The van der Waals surface area contributed by atoms with Crippen molar-refractivity contribution in [3.8, 4) is 0 Å². The molecule has 0 aliphatic carbocycles. The highest BCUT2D eigenvalue weighted by molar-refractivity contribution is 7.89. The van der Waals surface area contributed by atoms with Crippen molar-refractivity contribution in [2.45, 2.75) is 11.9 Å². The molecule has 0 aromatic carbocycles. The summed E-state index contributed by atoms with van der Waals surface area (Å²) in [6, 6.07) is 1.36. The molecule has 1 rings (SSSR count). The fourth-order valence-corrected chi connectivity index (χ4v) is 2.41. The number of hydrogen-bond donors (Lipinski definition) is 3. The minimum atomic E-state index is -3.61. The number of hydrogen-bond acceptors (Lipinski definition) is 4. The molecule has 1 aromatic heterocycles. The maximum Gasteiger partial charge on any atom is 0.260 e. The zero-order valence-corrected chi connectivity index (χ0v) is 9.08. The van der Waals surface area contributed by atoms with Gasteiger partial charge >= 0.3 is 0 Å². The lowest BCUT2D eigenvalue weighted by Gasteiger charge is -2.18. The minimum Gasteiger partial charge on any atom is -0.387 e. The third-order valence-corrected chi connectivity index (χ3v) is 3.64. The first-order chi connectivity index (χ1) is 6.98. The molecule has 1 aromatic rings. The average molecular weight is 231 g/mol. The van der Waals surface area contributed by atoms with Gasteiger partial charge in [-0.2, -0.15) is 9.40 Å². The van der Waals surface area contributed by atoms with Crippen molar-refractivity contribution in [1.82, 2.24) is 14.5 Å². The molecule has 0 bridgehead atoms. The number of likely N-dealkylation sites (N-methyl/N-ethyl adjacent to an activating group) is 1.